The summed E-state index contributed by atoms with van der Waals surface area (Å²) in [6.07, 6.45) is 3.14. The zero-order valence-corrected chi connectivity index (χ0v) is 22.7. The Kier molecular flexibility index (Phi) is 9.32. The molecule has 0 saturated heterocycles. The quantitative estimate of drug-likeness (QED) is 0.150. The number of carbonyl (C=O) groups excluding carboxylic acids is 1. The smallest absolute Gasteiger partial charge is 0.335 e. The van der Waals surface area contributed by atoms with E-state index in [0.717, 1.165) is 16.7 Å². The van der Waals surface area contributed by atoms with Crippen LogP contribution in [0.15, 0.2) is 89.4 Å². The lowest BCUT2D eigenvalue weighted by atomic mass is 10.1. The molecular weight excluding hydrogens is 523 g/mol. The molecule has 0 spiro atoms. The van der Waals surface area contributed by atoms with Crippen molar-refractivity contribution in [2.24, 2.45) is 0 Å². The van der Waals surface area contributed by atoms with E-state index in [1.807, 2.05) is 42.5 Å². The van der Waals surface area contributed by atoms with E-state index in [1.165, 1.54) is 6.08 Å². The van der Waals surface area contributed by atoms with Crippen LogP contribution in [0.4, 0.5) is 5.69 Å². The summed E-state index contributed by atoms with van der Waals surface area (Å²) in [6, 6.07) is 23.8. The molecule has 1 heterocycles. The van der Waals surface area contributed by atoms with Gasteiger partial charge in [-0.1, -0.05) is 54.1 Å². The van der Waals surface area contributed by atoms with Crippen LogP contribution < -0.4 is 5.32 Å². The van der Waals surface area contributed by atoms with Crippen LogP contribution in [-0.2, 0) is 24.6 Å². The van der Waals surface area contributed by atoms with E-state index < -0.39 is 7.60 Å². The Morgan fingerprint density at radius 2 is 1.61 bits per heavy atom. The third-order valence-electron chi connectivity index (χ3n) is 5.43. The molecule has 0 unspecified atom stereocenters. The van der Waals surface area contributed by atoms with Crippen molar-refractivity contribution in [2.75, 3.05) is 18.5 Å². The van der Waals surface area contributed by atoms with Gasteiger partial charge < -0.3 is 18.8 Å². The van der Waals surface area contributed by atoms with Gasteiger partial charge in [-0.3, -0.25) is 9.36 Å². The summed E-state index contributed by atoms with van der Waals surface area (Å²) in [4.78, 5) is 17.3. The van der Waals surface area contributed by atoms with Gasteiger partial charge in [-0.25, -0.2) is 4.98 Å². The summed E-state index contributed by atoms with van der Waals surface area (Å²) >= 11 is 6.05. The number of nitrogens with zero attached hydrogens (tertiary/aromatic N) is 1. The van der Waals surface area contributed by atoms with Crippen LogP contribution in [0.5, 0.6) is 0 Å². The number of rotatable bonds is 11. The molecule has 4 aromatic rings. The fourth-order valence-corrected chi connectivity index (χ4v) is 5.57. The highest BCUT2D eigenvalue weighted by Crippen LogP contribution is 2.51. The van der Waals surface area contributed by atoms with E-state index in [2.05, 4.69) is 10.3 Å². The first-order valence-corrected chi connectivity index (χ1v) is 14.3. The van der Waals surface area contributed by atoms with Crippen LogP contribution in [0.1, 0.15) is 25.2 Å². The number of oxazole rings is 1. The van der Waals surface area contributed by atoms with Gasteiger partial charge in [-0.05, 0) is 61.9 Å². The number of benzene rings is 3. The monoisotopic (exact) mass is 550 g/mol. The van der Waals surface area contributed by atoms with Gasteiger partial charge in [0.15, 0.2) is 5.76 Å². The van der Waals surface area contributed by atoms with Crippen LogP contribution in [0.25, 0.3) is 28.8 Å². The van der Waals surface area contributed by atoms with Crippen LogP contribution >= 0.6 is 19.2 Å². The fourth-order valence-electron chi connectivity index (χ4n) is 3.74. The van der Waals surface area contributed by atoms with Crippen LogP contribution in [0.2, 0.25) is 5.02 Å². The van der Waals surface area contributed by atoms with Crippen molar-refractivity contribution in [3.05, 3.63) is 101 Å². The first kappa shape index (κ1) is 27.6. The average molecular weight is 551 g/mol. The SMILES string of the molecule is CCOP(=O)(Cc1ccc(NC(=O)C=Cc2oc(-c3ccccc3)nc2-c2ccc(Cl)cc2)cc1)OCC. The Morgan fingerprint density at radius 3 is 2.24 bits per heavy atom. The van der Waals surface area contributed by atoms with Gasteiger partial charge in [0, 0.05) is 27.9 Å². The summed E-state index contributed by atoms with van der Waals surface area (Å²) in [5.41, 5.74) is 3.61. The predicted octanol–water partition coefficient (Wildman–Crippen LogP) is 8.08. The molecule has 0 fully saturated rings. The molecule has 9 heteroatoms. The number of nitrogens with one attached hydrogen (secondary N) is 1. The Balaban J connectivity index is 1.49. The Bertz CT molecular complexity index is 1420. The van der Waals surface area contributed by atoms with Gasteiger partial charge in [0.25, 0.3) is 0 Å². The molecule has 0 aliphatic rings. The molecule has 0 aliphatic carbocycles. The van der Waals surface area contributed by atoms with Crippen LogP contribution in [0.3, 0.4) is 0 Å². The summed E-state index contributed by atoms with van der Waals surface area (Å²) < 4.78 is 29.5. The third-order valence-corrected chi connectivity index (χ3v) is 7.73. The topological polar surface area (TPSA) is 90.7 Å². The zero-order chi connectivity index (χ0) is 27.0. The van der Waals surface area contributed by atoms with E-state index in [9.17, 15) is 9.36 Å². The molecule has 0 radical (unpaired) electrons. The normalized spacial score (nSPS) is 11.7. The van der Waals surface area contributed by atoms with E-state index in [1.54, 1.807) is 56.3 Å². The van der Waals surface area contributed by atoms with Crippen molar-refractivity contribution >= 4 is 36.9 Å². The van der Waals surface area contributed by atoms with E-state index in [-0.39, 0.29) is 12.1 Å². The lowest BCUT2D eigenvalue weighted by Crippen LogP contribution is -2.07. The Morgan fingerprint density at radius 1 is 0.947 bits per heavy atom. The molecule has 0 bridgehead atoms. The molecule has 3 aromatic carbocycles. The largest absolute Gasteiger partial charge is 0.436 e. The van der Waals surface area contributed by atoms with Gasteiger partial charge in [0.05, 0.1) is 19.4 Å². The molecule has 1 aromatic heterocycles. The number of amides is 1. The van der Waals surface area contributed by atoms with Crippen LogP contribution in [-0.4, -0.2) is 24.1 Å². The summed E-state index contributed by atoms with van der Waals surface area (Å²) in [6.45, 7) is 4.15. The molecule has 38 heavy (non-hydrogen) atoms. The van der Waals surface area contributed by atoms with E-state index >= 15 is 0 Å². The van der Waals surface area contributed by atoms with Crippen molar-refractivity contribution < 1.29 is 22.8 Å². The van der Waals surface area contributed by atoms with E-state index in [4.69, 9.17) is 25.1 Å². The maximum Gasteiger partial charge on any atom is 0.335 e. The van der Waals surface area contributed by atoms with Gasteiger partial charge in [-0.2, -0.15) is 0 Å². The molecule has 7 nitrogen and oxygen atoms in total. The number of anilines is 1. The number of carbonyl (C=O) groups is 1. The van der Waals surface area contributed by atoms with E-state index in [0.29, 0.717) is 41.3 Å². The number of hydrogen-bond acceptors (Lipinski definition) is 6. The number of aromatic nitrogens is 1. The maximum absolute atomic E-state index is 12.8. The summed E-state index contributed by atoms with van der Waals surface area (Å²) in [5, 5.41) is 3.43. The second-order valence-corrected chi connectivity index (χ2v) is 10.7. The first-order valence-electron chi connectivity index (χ1n) is 12.2. The molecule has 0 atom stereocenters. The number of halogens is 1. The van der Waals surface area contributed by atoms with Crippen molar-refractivity contribution in [3.63, 3.8) is 0 Å². The highest BCUT2D eigenvalue weighted by Gasteiger charge is 2.24. The second-order valence-electron chi connectivity index (χ2n) is 8.23. The van der Waals surface area contributed by atoms with Gasteiger partial charge in [-0.15, -0.1) is 0 Å². The second kappa shape index (κ2) is 12.9. The fraction of sp³-hybridized carbons (Fsp3) is 0.172. The Labute approximate surface area is 227 Å². The van der Waals surface area contributed by atoms with Gasteiger partial charge >= 0.3 is 7.60 Å². The van der Waals surface area contributed by atoms with Crippen molar-refractivity contribution in [2.45, 2.75) is 20.0 Å². The van der Waals surface area contributed by atoms with Crippen LogP contribution in [0, 0.1) is 0 Å². The van der Waals surface area contributed by atoms with Gasteiger partial charge in [0.2, 0.25) is 11.8 Å². The minimum absolute atomic E-state index is 0.158. The van der Waals surface area contributed by atoms with Gasteiger partial charge in [0.1, 0.15) is 5.69 Å². The Hall–Kier alpha value is -3.48. The zero-order valence-electron chi connectivity index (χ0n) is 21.1. The molecule has 196 valence electrons. The highest BCUT2D eigenvalue weighted by atomic mass is 35.5. The van der Waals surface area contributed by atoms with Crippen molar-refractivity contribution in [1.82, 2.24) is 4.98 Å². The highest BCUT2D eigenvalue weighted by molar-refractivity contribution is 7.53. The van der Waals surface area contributed by atoms with Crippen molar-refractivity contribution in [1.29, 1.82) is 0 Å². The average Bonchev–Trinajstić information content (AvgIpc) is 3.34. The molecule has 1 amide bonds. The molecule has 1 N–H and O–H groups in total. The third kappa shape index (κ3) is 7.30. The maximum atomic E-state index is 12.8. The standard InChI is InChI=1S/C29H28ClN2O5P/c1-3-35-38(34,36-4-2)20-21-10-16-25(17-11-21)31-27(33)19-18-26-28(22-12-14-24(30)15-13-22)32-29(37-26)23-8-6-5-7-9-23/h5-19H,3-4,20H2,1-2H3,(H,31,33). The predicted molar refractivity (Wildman–Crippen MR) is 151 cm³/mol. The lowest BCUT2D eigenvalue weighted by Gasteiger charge is -2.17. The summed E-state index contributed by atoms with van der Waals surface area (Å²) in [5.74, 6) is 0.550. The minimum atomic E-state index is -3.20. The lowest BCUT2D eigenvalue weighted by molar-refractivity contribution is -0.111. The molecule has 0 aliphatic heterocycles. The number of hydrogen-bond donors (Lipinski definition) is 1. The summed E-state index contributed by atoms with van der Waals surface area (Å²) in [7, 11) is -3.20. The molecule has 4 rings (SSSR count). The first-order chi connectivity index (χ1) is 18.4. The molecule has 0 saturated carbocycles. The molecular formula is C29H28ClN2O5P. The van der Waals surface area contributed by atoms with Crippen molar-refractivity contribution in [3.8, 4) is 22.7 Å². The minimum Gasteiger partial charge on any atom is -0.436 e.